The first-order chi connectivity index (χ1) is 5.93. The summed E-state index contributed by atoms with van der Waals surface area (Å²) >= 11 is 0. The summed E-state index contributed by atoms with van der Waals surface area (Å²) in [6.07, 6.45) is 7.14. The van der Waals surface area contributed by atoms with Crippen molar-refractivity contribution >= 4 is 17.0 Å². The molecule has 3 rings (SSSR count). The van der Waals surface area contributed by atoms with Crippen LogP contribution in [0.15, 0.2) is 35.0 Å². The van der Waals surface area contributed by atoms with Crippen molar-refractivity contribution < 1.29 is 4.42 Å². The number of rotatable bonds is 0. The van der Waals surface area contributed by atoms with Crippen LogP contribution in [-0.2, 0) is 6.42 Å². The summed E-state index contributed by atoms with van der Waals surface area (Å²) in [5.41, 5.74) is 3.70. The molecule has 12 heavy (non-hydrogen) atoms. The average Bonchev–Trinajstić information content (AvgIpc) is 2.64. The van der Waals surface area contributed by atoms with E-state index in [1.165, 1.54) is 16.5 Å². The van der Waals surface area contributed by atoms with Crippen LogP contribution in [0.5, 0.6) is 0 Å². The number of allylic oxidation sites excluding steroid dienone is 1. The van der Waals surface area contributed by atoms with Gasteiger partial charge >= 0.3 is 0 Å². The molecule has 1 heteroatoms. The van der Waals surface area contributed by atoms with Gasteiger partial charge in [0.1, 0.15) is 5.58 Å². The Labute approximate surface area is 70.3 Å². The van der Waals surface area contributed by atoms with Gasteiger partial charge in [0.15, 0.2) is 0 Å². The Morgan fingerprint density at radius 2 is 2.25 bits per heavy atom. The molecular weight excluding hydrogens is 148 g/mol. The Morgan fingerprint density at radius 3 is 3.25 bits per heavy atom. The van der Waals surface area contributed by atoms with Gasteiger partial charge in [-0.25, -0.2) is 0 Å². The van der Waals surface area contributed by atoms with E-state index in [0.717, 1.165) is 12.0 Å². The third-order valence-corrected chi connectivity index (χ3v) is 2.35. The van der Waals surface area contributed by atoms with Crippen LogP contribution >= 0.6 is 0 Å². The second kappa shape index (κ2) is 2.01. The number of benzene rings is 1. The number of furan rings is 1. The highest BCUT2D eigenvalue weighted by molar-refractivity contribution is 5.82. The molecule has 0 saturated carbocycles. The predicted molar refractivity (Wildman–Crippen MR) is 49.0 cm³/mol. The van der Waals surface area contributed by atoms with Gasteiger partial charge < -0.3 is 4.42 Å². The number of hydrogen-bond acceptors (Lipinski definition) is 1. The molecule has 0 saturated heterocycles. The van der Waals surface area contributed by atoms with E-state index in [1.807, 2.05) is 6.07 Å². The minimum atomic E-state index is 0.986. The van der Waals surface area contributed by atoms with Gasteiger partial charge in [0, 0.05) is 5.39 Å². The van der Waals surface area contributed by atoms with Crippen LogP contribution in [0, 0.1) is 0 Å². The van der Waals surface area contributed by atoms with Crippen molar-refractivity contribution in [3.63, 3.8) is 0 Å². The van der Waals surface area contributed by atoms with E-state index in [2.05, 4.69) is 24.3 Å². The molecule has 1 heterocycles. The van der Waals surface area contributed by atoms with E-state index in [9.17, 15) is 0 Å². The van der Waals surface area contributed by atoms with Crippen LogP contribution in [0.4, 0.5) is 0 Å². The van der Waals surface area contributed by atoms with Crippen LogP contribution in [0.2, 0.25) is 0 Å². The molecule has 0 amide bonds. The molecule has 58 valence electrons. The highest BCUT2D eigenvalue weighted by atomic mass is 16.3. The Kier molecular flexibility index (Phi) is 1.01. The zero-order chi connectivity index (χ0) is 7.97. The third kappa shape index (κ3) is 0.681. The summed E-state index contributed by atoms with van der Waals surface area (Å²) in [4.78, 5) is 0. The van der Waals surface area contributed by atoms with Crippen LogP contribution in [0.1, 0.15) is 11.1 Å². The largest absolute Gasteiger partial charge is 0.464 e. The van der Waals surface area contributed by atoms with Gasteiger partial charge in [-0.15, -0.1) is 0 Å². The fourth-order valence-electron chi connectivity index (χ4n) is 1.72. The fourth-order valence-corrected chi connectivity index (χ4v) is 1.72. The van der Waals surface area contributed by atoms with E-state index in [-0.39, 0.29) is 0 Å². The molecule has 0 aliphatic heterocycles. The first kappa shape index (κ1) is 6.06. The number of fused-ring (bicyclic) bond motifs is 2. The van der Waals surface area contributed by atoms with Crippen molar-refractivity contribution in [1.82, 2.24) is 0 Å². The molecule has 0 N–H and O–H groups in total. The highest BCUT2D eigenvalue weighted by Gasteiger charge is 2.07. The highest BCUT2D eigenvalue weighted by Crippen LogP contribution is 2.26. The van der Waals surface area contributed by atoms with E-state index in [0.29, 0.717) is 0 Å². The SMILES string of the molecule is C1=Cc2cc3occc3cc2C1. The predicted octanol–water partition coefficient (Wildman–Crippen LogP) is 3.00. The summed E-state index contributed by atoms with van der Waals surface area (Å²) in [7, 11) is 0. The third-order valence-electron chi connectivity index (χ3n) is 2.35. The summed E-state index contributed by atoms with van der Waals surface area (Å²) in [5.74, 6) is 0. The molecule has 0 atom stereocenters. The van der Waals surface area contributed by atoms with Crippen molar-refractivity contribution in [1.29, 1.82) is 0 Å². The molecule has 0 bridgehead atoms. The molecule has 0 spiro atoms. The quantitative estimate of drug-likeness (QED) is 0.571. The van der Waals surface area contributed by atoms with Crippen LogP contribution in [0.25, 0.3) is 17.0 Å². The Balaban J connectivity index is 2.43. The maximum atomic E-state index is 5.31. The second-order valence-corrected chi connectivity index (χ2v) is 3.12. The Morgan fingerprint density at radius 1 is 1.25 bits per heavy atom. The fraction of sp³-hybridized carbons (Fsp3) is 0.0909. The summed E-state index contributed by atoms with van der Waals surface area (Å²) in [5, 5.41) is 1.21. The van der Waals surface area contributed by atoms with E-state index in [1.54, 1.807) is 6.26 Å². The van der Waals surface area contributed by atoms with E-state index < -0.39 is 0 Å². The lowest BCUT2D eigenvalue weighted by atomic mass is 10.1. The van der Waals surface area contributed by atoms with Crippen molar-refractivity contribution in [2.24, 2.45) is 0 Å². The summed E-state index contributed by atoms with van der Waals surface area (Å²) in [6, 6.07) is 6.32. The van der Waals surface area contributed by atoms with Crippen molar-refractivity contribution in [3.8, 4) is 0 Å². The molecule has 1 aliphatic rings. The maximum absolute atomic E-state index is 5.31. The van der Waals surface area contributed by atoms with Crippen LogP contribution < -0.4 is 0 Å². The van der Waals surface area contributed by atoms with Crippen molar-refractivity contribution in [2.45, 2.75) is 6.42 Å². The lowest BCUT2D eigenvalue weighted by Crippen LogP contribution is -1.79. The molecule has 0 fully saturated rings. The molecule has 0 unspecified atom stereocenters. The van der Waals surface area contributed by atoms with Gasteiger partial charge in [-0.2, -0.15) is 0 Å². The minimum Gasteiger partial charge on any atom is -0.464 e. The monoisotopic (exact) mass is 156 g/mol. The normalized spacial score (nSPS) is 14.0. The molecule has 2 aromatic rings. The molecule has 1 nitrogen and oxygen atoms in total. The van der Waals surface area contributed by atoms with Gasteiger partial charge in [0.05, 0.1) is 6.26 Å². The van der Waals surface area contributed by atoms with Crippen molar-refractivity contribution in [2.75, 3.05) is 0 Å². The maximum Gasteiger partial charge on any atom is 0.134 e. The molecule has 0 radical (unpaired) electrons. The van der Waals surface area contributed by atoms with Crippen molar-refractivity contribution in [3.05, 3.63) is 41.7 Å². The molecule has 1 aromatic heterocycles. The zero-order valence-electron chi connectivity index (χ0n) is 6.58. The Bertz CT molecular complexity index is 463. The second-order valence-electron chi connectivity index (χ2n) is 3.12. The Hall–Kier alpha value is -1.50. The molecule has 1 aliphatic carbocycles. The standard InChI is InChI=1S/C11H8O/c1-2-8-6-10-4-5-12-11(10)7-9(8)3-1/h1,3-7H,2H2. The lowest BCUT2D eigenvalue weighted by molar-refractivity contribution is 0.616. The van der Waals surface area contributed by atoms with Gasteiger partial charge in [-0.1, -0.05) is 12.2 Å². The van der Waals surface area contributed by atoms with Crippen LogP contribution in [-0.4, -0.2) is 0 Å². The summed E-state index contributed by atoms with van der Waals surface area (Å²) < 4.78 is 5.31. The van der Waals surface area contributed by atoms with Gasteiger partial charge in [0.2, 0.25) is 0 Å². The minimum absolute atomic E-state index is 0.986. The smallest absolute Gasteiger partial charge is 0.134 e. The van der Waals surface area contributed by atoms with Gasteiger partial charge in [-0.05, 0) is 35.7 Å². The first-order valence-corrected chi connectivity index (χ1v) is 4.10. The number of hydrogen-bond donors (Lipinski definition) is 0. The van der Waals surface area contributed by atoms with Crippen LogP contribution in [0.3, 0.4) is 0 Å². The first-order valence-electron chi connectivity index (χ1n) is 4.10. The topological polar surface area (TPSA) is 13.1 Å². The van der Waals surface area contributed by atoms with Gasteiger partial charge in [0.25, 0.3) is 0 Å². The lowest BCUT2D eigenvalue weighted by Gasteiger charge is -1.96. The summed E-state index contributed by atoms with van der Waals surface area (Å²) in [6.45, 7) is 0. The van der Waals surface area contributed by atoms with E-state index >= 15 is 0 Å². The molecular formula is C11H8O. The average molecular weight is 156 g/mol. The van der Waals surface area contributed by atoms with E-state index in [4.69, 9.17) is 4.42 Å². The van der Waals surface area contributed by atoms with Gasteiger partial charge in [-0.3, -0.25) is 0 Å². The zero-order valence-corrected chi connectivity index (χ0v) is 6.58. The molecule has 1 aromatic carbocycles.